The highest BCUT2D eigenvalue weighted by atomic mass is 16.5. The van der Waals surface area contributed by atoms with E-state index >= 15 is 0 Å². The van der Waals surface area contributed by atoms with Crippen molar-refractivity contribution in [3.8, 4) is 16.9 Å². The third-order valence-corrected chi connectivity index (χ3v) is 9.29. The second kappa shape index (κ2) is 11.7. The van der Waals surface area contributed by atoms with Crippen LogP contribution < -0.4 is 4.90 Å². The Morgan fingerprint density at radius 1 is 1.00 bits per heavy atom. The van der Waals surface area contributed by atoms with Crippen LogP contribution in [0.5, 0.6) is 0 Å². The van der Waals surface area contributed by atoms with Crippen LogP contribution in [0.4, 0.5) is 5.82 Å². The molecule has 1 aromatic carbocycles. The summed E-state index contributed by atoms with van der Waals surface area (Å²) in [5.74, 6) is -0.250. The van der Waals surface area contributed by atoms with Crippen LogP contribution in [0.2, 0.25) is 0 Å². The van der Waals surface area contributed by atoms with Crippen molar-refractivity contribution in [3.05, 3.63) is 59.0 Å². The number of aryl methyl sites for hydroxylation is 3. The molecule has 1 saturated heterocycles. The van der Waals surface area contributed by atoms with Gasteiger partial charge in [-0.25, -0.2) is 14.5 Å². The molecular weight excluding hydrogens is 552 g/mol. The number of fused-ring (bicyclic) bond motifs is 7. The summed E-state index contributed by atoms with van der Waals surface area (Å²) < 4.78 is 10.1. The number of anilines is 1. The van der Waals surface area contributed by atoms with Crippen molar-refractivity contribution in [2.45, 2.75) is 105 Å². The number of carboxylic acid groups (broad SMARTS) is 1. The van der Waals surface area contributed by atoms with E-state index in [1.807, 2.05) is 44.3 Å². The highest BCUT2D eigenvalue weighted by Gasteiger charge is 2.37. The zero-order valence-electron chi connectivity index (χ0n) is 27.1. The van der Waals surface area contributed by atoms with Crippen LogP contribution in [0.1, 0.15) is 101 Å². The van der Waals surface area contributed by atoms with Gasteiger partial charge in [-0.1, -0.05) is 38.3 Å². The molecule has 9 heteroatoms. The number of ether oxygens (including phenoxy) is 1. The molecule has 1 N–H and O–H groups in total. The van der Waals surface area contributed by atoms with Gasteiger partial charge >= 0.3 is 5.97 Å². The molecule has 0 spiro atoms. The van der Waals surface area contributed by atoms with Crippen molar-refractivity contribution in [3.63, 3.8) is 0 Å². The zero-order chi connectivity index (χ0) is 31.2. The Balaban J connectivity index is 1.54. The SMILES string of the molecule is Cc1cc2n(n1)-c1cccc(c1)-c1cc3nc(C)c([C@H](OC(C)(C)C)C(=O)O)c(n3n1)N1CCC(C)(CCCCCC2)CC1. The fraction of sp³-hybridized carbons (Fsp3) is 0.543. The number of carbonyl (C=O) groups is 1. The number of aromatic nitrogens is 5. The van der Waals surface area contributed by atoms with E-state index in [-0.39, 0.29) is 5.41 Å². The average molecular weight is 599 g/mol. The molecular formula is C35H46N6O3. The standard InChI is InChI=1S/C35H46N6O3/c1-23-20-26-13-9-7-8-10-15-35(6)16-18-39(19-17-35)32-30(31(33(42)43)44-34(3,4)5)24(2)36-29-22-28(38-41(29)32)25-12-11-14-27(21-25)40(26)37-23/h11-12,14,20-22,31H,7-10,13,15-19H2,1-6H3,(H,42,43)/t31-/m0/s1. The maximum Gasteiger partial charge on any atom is 0.337 e. The van der Waals surface area contributed by atoms with Gasteiger partial charge in [-0.15, -0.1) is 0 Å². The Hall–Kier alpha value is -3.72. The number of carboxylic acids is 1. The monoisotopic (exact) mass is 598 g/mol. The van der Waals surface area contributed by atoms with Crippen molar-refractivity contribution in [2.75, 3.05) is 18.0 Å². The maximum absolute atomic E-state index is 12.8. The third-order valence-electron chi connectivity index (χ3n) is 9.29. The Bertz CT molecular complexity index is 1670. The minimum Gasteiger partial charge on any atom is -0.479 e. The molecule has 7 rings (SSSR count). The van der Waals surface area contributed by atoms with Crippen LogP contribution >= 0.6 is 0 Å². The summed E-state index contributed by atoms with van der Waals surface area (Å²) >= 11 is 0. The van der Waals surface area contributed by atoms with Crippen LogP contribution in [0.15, 0.2) is 36.4 Å². The van der Waals surface area contributed by atoms with E-state index < -0.39 is 17.7 Å². The van der Waals surface area contributed by atoms with Gasteiger partial charge in [0.05, 0.1) is 28.2 Å². The van der Waals surface area contributed by atoms with E-state index in [4.69, 9.17) is 19.9 Å². The smallest absolute Gasteiger partial charge is 0.337 e. The summed E-state index contributed by atoms with van der Waals surface area (Å²) in [5.41, 5.74) is 6.52. The molecule has 0 radical (unpaired) electrons. The number of benzene rings is 1. The van der Waals surface area contributed by atoms with E-state index in [2.05, 4.69) is 47.7 Å². The number of hydrogen-bond acceptors (Lipinski definition) is 6. The fourth-order valence-corrected chi connectivity index (χ4v) is 6.92. The number of hydrogen-bond donors (Lipinski definition) is 1. The van der Waals surface area contributed by atoms with Crippen LogP contribution in [0.25, 0.3) is 22.6 Å². The second-order valence-electron chi connectivity index (χ2n) is 14.1. The van der Waals surface area contributed by atoms with Gasteiger partial charge in [0.2, 0.25) is 0 Å². The Labute approximate surface area is 260 Å². The molecule has 0 saturated carbocycles. The molecule has 6 bridgehead atoms. The van der Waals surface area contributed by atoms with Crippen molar-refractivity contribution in [1.29, 1.82) is 0 Å². The molecule has 1 atom stereocenters. The first-order valence-corrected chi connectivity index (χ1v) is 16.1. The predicted molar refractivity (Wildman–Crippen MR) is 173 cm³/mol. The topological polar surface area (TPSA) is 97.8 Å². The van der Waals surface area contributed by atoms with Gasteiger partial charge in [0.25, 0.3) is 0 Å². The van der Waals surface area contributed by atoms with E-state index in [1.54, 1.807) is 0 Å². The quantitative estimate of drug-likeness (QED) is 0.265. The fourth-order valence-electron chi connectivity index (χ4n) is 6.92. The van der Waals surface area contributed by atoms with Crippen LogP contribution in [0.3, 0.4) is 0 Å². The number of rotatable bonds is 3. The molecule has 4 aromatic rings. The molecule has 9 nitrogen and oxygen atoms in total. The van der Waals surface area contributed by atoms with Crippen molar-refractivity contribution < 1.29 is 14.6 Å². The number of nitrogens with zero attached hydrogens (tertiary/aromatic N) is 6. The van der Waals surface area contributed by atoms with E-state index in [1.165, 1.54) is 31.4 Å². The van der Waals surface area contributed by atoms with E-state index in [0.29, 0.717) is 16.9 Å². The molecule has 0 amide bonds. The lowest BCUT2D eigenvalue weighted by Gasteiger charge is -2.41. The van der Waals surface area contributed by atoms with Gasteiger partial charge in [-0.2, -0.15) is 14.7 Å². The summed E-state index contributed by atoms with van der Waals surface area (Å²) in [6, 6.07) is 12.5. The maximum atomic E-state index is 12.8. The van der Waals surface area contributed by atoms with E-state index in [9.17, 15) is 9.90 Å². The number of aliphatic carboxylic acids is 1. The lowest BCUT2D eigenvalue weighted by Crippen LogP contribution is -2.41. The highest BCUT2D eigenvalue weighted by molar-refractivity contribution is 5.79. The van der Waals surface area contributed by atoms with Gasteiger partial charge in [-0.3, -0.25) is 0 Å². The highest BCUT2D eigenvalue weighted by Crippen LogP contribution is 2.41. The molecule has 6 heterocycles. The first kappa shape index (κ1) is 30.3. The molecule has 3 aliphatic rings. The summed E-state index contributed by atoms with van der Waals surface area (Å²) in [4.78, 5) is 20.0. The van der Waals surface area contributed by atoms with Crippen LogP contribution in [0, 0.1) is 19.3 Å². The summed E-state index contributed by atoms with van der Waals surface area (Å²) in [5, 5.41) is 20.4. The second-order valence-corrected chi connectivity index (χ2v) is 14.1. The molecule has 44 heavy (non-hydrogen) atoms. The predicted octanol–water partition coefficient (Wildman–Crippen LogP) is 7.25. The normalized spacial score (nSPS) is 18.1. The van der Waals surface area contributed by atoms with Crippen LogP contribution in [-0.2, 0) is 16.0 Å². The summed E-state index contributed by atoms with van der Waals surface area (Å²) in [7, 11) is 0. The van der Waals surface area contributed by atoms with Crippen molar-refractivity contribution in [1.82, 2.24) is 24.4 Å². The molecule has 0 unspecified atom stereocenters. The molecule has 3 aliphatic heterocycles. The Morgan fingerprint density at radius 3 is 2.48 bits per heavy atom. The third kappa shape index (κ3) is 6.11. The first-order chi connectivity index (χ1) is 20.9. The minimum atomic E-state index is -1.17. The minimum absolute atomic E-state index is 0.263. The largest absolute Gasteiger partial charge is 0.479 e. The van der Waals surface area contributed by atoms with Crippen molar-refractivity contribution >= 4 is 17.4 Å². The van der Waals surface area contributed by atoms with Gasteiger partial charge in [0.1, 0.15) is 5.82 Å². The molecule has 0 aliphatic carbocycles. The summed E-state index contributed by atoms with van der Waals surface area (Å²) in [6.07, 6.45) is 7.95. The Kier molecular flexibility index (Phi) is 8.03. The molecule has 3 aromatic heterocycles. The van der Waals surface area contributed by atoms with Crippen LogP contribution in [-0.4, -0.2) is 54.1 Å². The lowest BCUT2D eigenvalue weighted by atomic mass is 9.76. The molecule has 234 valence electrons. The lowest BCUT2D eigenvalue weighted by molar-refractivity contribution is -0.160. The van der Waals surface area contributed by atoms with Gasteiger partial charge in [0.15, 0.2) is 11.8 Å². The van der Waals surface area contributed by atoms with Gasteiger partial charge in [0, 0.05) is 36.1 Å². The van der Waals surface area contributed by atoms with E-state index in [0.717, 1.165) is 67.2 Å². The zero-order valence-corrected chi connectivity index (χ0v) is 27.1. The number of piperidine rings is 1. The summed E-state index contributed by atoms with van der Waals surface area (Å²) in [6.45, 7) is 13.7. The van der Waals surface area contributed by atoms with Crippen molar-refractivity contribution in [2.24, 2.45) is 5.41 Å². The molecule has 1 fully saturated rings. The first-order valence-electron chi connectivity index (χ1n) is 16.1. The average Bonchev–Trinajstić information content (AvgIpc) is 3.56. The Morgan fingerprint density at radius 2 is 1.75 bits per heavy atom. The van der Waals surface area contributed by atoms with Gasteiger partial charge < -0.3 is 14.7 Å². The van der Waals surface area contributed by atoms with Gasteiger partial charge in [-0.05, 0) is 90.3 Å².